The first kappa shape index (κ1) is 15.2. The van der Waals surface area contributed by atoms with Gasteiger partial charge < -0.3 is 10.8 Å². The Bertz CT molecular complexity index is 677. The van der Waals surface area contributed by atoms with Crippen molar-refractivity contribution in [3.05, 3.63) is 57.6 Å². The van der Waals surface area contributed by atoms with E-state index in [1.165, 1.54) is 18.3 Å². The Hall–Kier alpha value is -2.24. The third-order valence-electron chi connectivity index (χ3n) is 2.59. The monoisotopic (exact) mass is 323 g/mol. The summed E-state index contributed by atoms with van der Waals surface area (Å²) in [6.45, 7) is 0. The van der Waals surface area contributed by atoms with E-state index in [1.807, 2.05) is 0 Å². The van der Waals surface area contributed by atoms with Crippen LogP contribution in [0.1, 0.15) is 15.9 Å². The van der Waals surface area contributed by atoms with Crippen LogP contribution >= 0.6 is 23.2 Å². The van der Waals surface area contributed by atoms with E-state index in [9.17, 15) is 9.90 Å². The van der Waals surface area contributed by atoms with E-state index in [0.29, 0.717) is 16.8 Å². The van der Waals surface area contributed by atoms with E-state index < -0.39 is 0 Å². The van der Waals surface area contributed by atoms with Gasteiger partial charge in [0.15, 0.2) is 5.75 Å². The van der Waals surface area contributed by atoms with Crippen LogP contribution < -0.4 is 11.2 Å². The van der Waals surface area contributed by atoms with Gasteiger partial charge in [-0.1, -0.05) is 23.2 Å². The number of nitrogens with zero attached hydrogens (tertiary/aromatic N) is 1. The van der Waals surface area contributed by atoms with Gasteiger partial charge in [0.1, 0.15) is 0 Å². The maximum atomic E-state index is 11.8. The number of hydrogen-bond donors (Lipinski definition) is 3. The number of amides is 1. The molecule has 0 aromatic heterocycles. The van der Waals surface area contributed by atoms with E-state index in [4.69, 9.17) is 28.9 Å². The molecule has 0 fully saturated rings. The van der Waals surface area contributed by atoms with Crippen LogP contribution in [-0.2, 0) is 0 Å². The number of phenols is 1. The van der Waals surface area contributed by atoms with Crippen LogP contribution in [-0.4, -0.2) is 17.2 Å². The molecule has 2 rings (SSSR count). The second kappa shape index (κ2) is 6.47. The summed E-state index contributed by atoms with van der Waals surface area (Å²) in [5, 5.41) is 13.4. The first-order valence-corrected chi connectivity index (χ1v) is 6.60. The number of hydrogen-bond acceptors (Lipinski definition) is 4. The summed E-state index contributed by atoms with van der Waals surface area (Å²) in [6.07, 6.45) is 1.37. The lowest BCUT2D eigenvalue weighted by Crippen LogP contribution is -2.17. The van der Waals surface area contributed by atoms with Crippen molar-refractivity contribution in [1.29, 1.82) is 0 Å². The fraction of sp³-hybridized carbons (Fsp3) is 0. The van der Waals surface area contributed by atoms with Gasteiger partial charge in [-0.25, -0.2) is 5.43 Å². The standard InChI is InChI=1S/C14H11Cl2N3O2/c15-11-5-8(6-12(16)13(11)20)7-18-19-14(21)9-1-3-10(17)4-2-9/h1-7,20H,17H2,(H,19,21)/b18-7-. The maximum Gasteiger partial charge on any atom is 0.271 e. The smallest absolute Gasteiger partial charge is 0.271 e. The molecule has 0 unspecified atom stereocenters. The molecule has 0 saturated carbocycles. The van der Waals surface area contributed by atoms with Crippen molar-refractivity contribution >= 4 is 41.0 Å². The van der Waals surface area contributed by atoms with Crippen LogP contribution in [0.2, 0.25) is 10.0 Å². The third-order valence-corrected chi connectivity index (χ3v) is 3.17. The number of carbonyl (C=O) groups excluding carboxylic acids is 1. The van der Waals surface area contributed by atoms with Crippen molar-refractivity contribution in [2.45, 2.75) is 0 Å². The van der Waals surface area contributed by atoms with Crippen LogP contribution in [0.4, 0.5) is 5.69 Å². The predicted octanol–water partition coefficient (Wildman–Crippen LogP) is 3.05. The number of halogens is 2. The zero-order chi connectivity index (χ0) is 15.4. The molecule has 0 aliphatic rings. The number of hydrazone groups is 1. The fourth-order valence-corrected chi connectivity index (χ4v) is 2.03. The normalized spacial score (nSPS) is 10.8. The fourth-order valence-electron chi connectivity index (χ4n) is 1.52. The Morgan fingerprint density at radius 1 is 1.19 bits per heavy atom. The molecular formula is C14H11Cl2N3O2. The summed E-state index contributed by atoms with van der Waals surface area (Å²) in [7, 11) is 0. The number of phenolic OH excluding ortho intramolecular Hbond substituents is 1. The largest absolute Gasteiger partial charge is 0.505 e. The lowest BCUT2D eigenvalue weighted by atomic mass is 10.2. The second-order valence-corrected chi connectivity index (χ2v) is 4.97. The summed E-state index contributed by atoms with van der Waals surface area (Å²) in [5.41, 5.74) is 9.45. The third kappa shape index (κ3) is 3.87. The van der Waals surface area contributed by atoms with Crippen molar-refractivity contribution < 1.29 is 9.90 Å². The number of aromatic hydroxyl groups is 1. The summed E-state index contributed by atoms with van der Waals surface area (Å²) in [5.74, 6) is -0.566. The molecule has 0 radical (unpaired) electrons. The van der Waals surface area contributed by atoms with Crippen molar-refractivity contribution in [2.24, 2.45) is 5.10 Å². The zero-order valence-electron chi connectivity index (χ0n) is 10.7. The molecule has 108 valence electrons. The zero-order valence-corrected chi connectivity index (χ0v) is 12.2. The van der Waals surface area contributed by atoms with E-state index >= 15 is 0 Å². The Labute approximate surface area is 131 Å². The number of anilines is 1. The van der Waals surface area contributed by atoms with Gasteiger partial charge >= 0.3 is 0 Å². The second-order valence-electron chi connectivity index (χ2n) is 4.15. The molecule has 2 aromatic rings. The highest BCUT2D eigenvalue weighted by Crippen LogP contribution is 2.32. The highest BCUT2D eigenvalue weighted by Gasteiger charge is 2.06. The molecule has 0 aliphatic carbocycles. The highest BCUT2D eigenvalue weighted by atomic mass is 35.5. The van der Waals surface area contributed by atoms with Crippen LogP contribution in [0.3, 0.4) is 0 Å². The summed E-state index contributed by atoms with van der Waals surface area (Å²) in [6, 6.07) is 9.38. The SMILES string of the molecule is Nc1ccc(C(=O)N/N=C\c2cc(Cl)c(O)c(Cl)c2)cc1. The van der Waals surface area contributed by atoms with Crippen LogP contribution in [0, 0.1) is 0 Å². The van der Waals surface area contributed by atoms with E-state index in [1.54, 1.807) is 24.3 Å². The minimum Gasteiger partial charge on any atom is -0.505 e. The molecule has 1 amide bonds. The molecule has 2 aromatic carbocycles. The van der Waals surface area contributed by atoms with Gasteiger partial charge in [0, 0.05) is 11.3 Å². The Morgan fingerprint density at radius 3 is 2.33 bits per heavy atom. The van der Waals surface area contributed by atoms with Gasteiger partial charge in [-0.2, -0.15) is 5.10 Å². The van der Waals surface area contributed by atoms with Gasteiger partial charge in [0.25, 0.3) is 5.91 Å². The average molecular weight is 324 g/mol. The molecule has 7 heteroatoms. The number of benzene rings is 2. The summed E-state index contributed by atoms with van der Waals surface area (Å²) < 4.78 is 0. The van der Waals surface area contributed by atoms with Crippen molar-refractivity contribution in [2.75, 3.05) is 5.73 Å². The van der Waals surface area contributed by atoms with Gasteiger partial charge in [-0.05, 0) is 42.0 Å². The molecule has 0 aliphatic heterocycles. The molecule has 0 saturated heterocycles. The van der Waals surface area contributed by atoms with Gasteiger partial charge in [0.05, 0.1) is 16.3 Å². The Morgan fingerprint density at radius 2 is 1.76 bits per heavy atom. The lowest BCUT2D eigenvalue weighted by molar-refractivity contribution is 0.0955. The van der Waals surface area contributed by atoms with Crippen molar-refractivity contribution in [3.8, 4) is 5.75 Å². The number of nitrogens with two attached hydrogens (primary N) is 1. The Balaban J connectivity index is 2.05. The molecule has 0 bridgehead atoms. The van der Waals surface area contributed by atoms with Crippen LogP contribution in [0.25, 0.3) is 0 Å². The highest BCUT2D eigenvalue weighted by molar-refractivity contribution is 6.37. The molecule has 4 N–H and O–H groups in total. The van der Waals surface area contributed by atoms with Gasteiger partial charge in [-0.3, -0.25) is 4.79 Å². The number of carbonyl (C=O) groups is 1. The first-order chi connectivity index (χ1) is 9.97. The number of nitrogen functional groups attached to an aromatic ring is 1. The van der Waals surface area contributed by atoms with Gasteiger partial charge in [-0.15, -0.1) is 0 Å². The number of rotatable bonds is 3. The molecule has 21 heavy (non-hydrogen) atoms. The molecule has 0 spiro atoms. The number of nitrogens with one attached hydrogen (secondary N) is 1. The topological polar surface area (TPSA) is 87.7 Å². The first-order valence-electron chi connectivity index (χ1n) is 5.84. The minimum atomic E-state index is -0.373. The van der Waals surface area contributed by atoms with E-state index in [0.717, 1.165) is 0 Å². The van der Waals surface area contributed by atoms with Crippen molar-refractivity contribution in [1.82, 2.24) is 5.43 Å². The van der Waals surface area contributed by atoms with Crippen LogP contribution in [0.5, 0.6) is 5.75 Å². The summed E-state index contributed by atoms with van der Waals surface area (Å²) >= 11 is 11.6. The minimum absolute atomic E-state index is 0.105. The lowest BCUT2D eigenvalue weighted by Gasteiger charge is -2.02. The quantitative estimate of drug-likeness (QED) is 0.461. The molecule has 5 nitrogen and oxygen atoms in total. The van der Waals surface area contributed by atoms with E-state index in [2.05, 4.69) is 10.5 Å². The maximum absolute atomic E-state index is 11.8. The summed E-state index contributed by atoms with van der Waals surface area (Å²) in [4.78, 5) is 11.8. The Kier molecular flexibility index (Phi) is 4.67. The molecule has 0 atom stereocenters. The molecular weight excluding hydrogens is 313 g/mol. The predicted molar refractivity (Wildman–Crippen MR) is 84.0 cm³/mol. The van der Waals surface area contributed by atoms with Gasteiger partial charge in [0.2, 0.25) is 0 Å². The van der Waals surface area contributed by atoms with Crippen LogP contribution in [0.15, 0.2) is 41.5 Å². The average Bonchev–Trinajstić information content (AvgIpc) is 2.45. The van der Waals surface area contributed by atoms with E-state index in [-0.39, 0.29) is 21.7 Å². The van der Waals surface area contributed by atoms with Crippen molar-refractivity contribution in [3.63, 3.8) is 0 Å². The molecule has 0 heterocycles.